The maximum Gasteiger partial charge on any atom is 0.225 e. The van der Waals surface area contributed by atoms with Crippen LogP contribution in [0, 0.1) is 17.2 Å². The Hall–Kier alpha value is -2.61. The van der Waals surface area contributed by atoms with Gasteiger partial charge in [-0.1, -0.05) is 12.1 Å². The number of para-hydroxylation sites is 1. The van der Waals surface area contributed by atoms with E-state index in [1.165, 1.54) is 6.42 Å². The van der Waals surface area contributed by atoms with Crippen molar-refractivity contribution in [3.05, 3.63) is 48.3 Å². The predicted octanol–water partition coefficient (Wildman–Crippen LogP) is 2.45. The monoisotopic (exact) mass is 305 g/mol. The number of benzene rings is 1. The van der Waals surface area contributed by atoms with Gasteiger partial charge in [0.05, 0.1) is 11.3 Å². The molecule has 0 saturated carbocycles. The molecule has 2 aliphatic rings. The van der Waals surface area contributed by atoms with Crippen LogP contribution in [-0.4, -0.2) is 35.6 Å². The molecule has 116 valence electrons. The smallest absolute Gasteiger partial charge is 0.225 e. The lowest BCUT2D eigenvalue weighted by Gasteiger charge is -2.39. The molecule has 23 heavy (non-hydrogen) atoms. The third-order valence-corrected chi connectivity index (χ3v) is 5.03. The fourth-order valence-corrected chi connectivity index (χ4v) is 3.89. The molecule has 0 aliphatic carbocycles. The summed E-state index contributed by atoms with van der Waals surface area (Å²) in [5.74, 6) is 1.51. The molecule has 5 nitrogen and oxygen atoms in total. The van der Waals surface area contributed by atoms with E-state index in [1.54, 1.807) is 12.4 Å². The van der Waals surface area contributed by atoms with Gasteiger partial charge in [-0.15, -0.1) is 0 Å². The van der Waals surface area contributed by atoms with Crippen molar-refractivity contribution in [2.45, 2.75) is 18.9 Å². The van der Waals surface area contributed by atoms with E-state index in [1.807, 2.05) is 24.3 Å². The lowest BCUT2D eigenvalue weighted by Crippen LogP contribution is -2.49. The number of nitriles is 1. The van der Waals surface area contributed by atoms with Crippen LogP contribution in [0.25, 0.3) is 0 Å². The van der Waals surface area contributed by atoms with Gasteiger partial charge in [0.2, 0.25) is 5.95 Å². The summed E-state index contributed by atoms with van der Waals surface area (Å²) in [5.41, 5.74) is 1.83. The molecule has 0 spiro atoms. The van der Waals surface area contributed by atoms with Gasteiger partial charge in [-0.25, -0.2) is 9.97 Å². The average molecular weight is 305 g/mol. The van der Waals surface area contributed by atoms with Crippen LogP contribution in [0.15, 0.2) is 42.7 Å². The van der Waals surface area contributed by atoms with Gasteiger partial charge >= 0.3 is 0 Å². The van der Waals surface area contributed by atoms with E-state index in [4.69, 9.17) is 0 Å². The highest BCUT2D eigenvalue weighted by Crippen LogP contribution is 2.36. The molecule has 5 heteroatoms. The lowest BCUT2D eigenvalue weighted by atomic mass is 9.92. The van der Waals surface area contributed by atoms with E-state index >= 15 is 0 Å². The first-order valence-electron chi connectivity index (χ1n) is 8.14. The van der Waals surface area contributed by atoms with Crippen molar-refractivity contribution in [2.24, 2.45) is 5.92 Å². The Morgan fingerprint density at radius 3 is 2.65 bits per heavy atom. The summed E-state index contributed by atoms with van der Waals surface area (Å²) in [6.45, 7) is 2.96. The Morgan fingerprint density at radius 2 is 1.83 bits per heavy atom. The molecule has 2 aliphatic heterocycles. The van der Waals surface area contributed by atoms with Gasteiger partial charge in [0.25, 0.3) is 0 Å². The first-order valence-corrected chi connectivity index (χ1v) is 8.14. The highest BCUT2D eigenvalue weighted by molar-refractivity contribution is 5.61. The van der Waals surface area contributed by atoms with Crippen LogP contribution in [0.1, 0.15) is 18.4 Å². The molecule has 1 aromatic heterocycles. The Balaban J connectivity index is 1.61. The number of piperidine rings is 1. The molecule has 1 aromatic carbocycles. The summed E-state index contributed by atoms with van der Waals surface area (Å²) < 4.78 is 0. The van der Waals surface area contributed by atoms with E-state index in [2.05, 4.69) is 31.9 Å². The Morgan fingerprint density at radius 1 is 1.04 bits per heavy atom. The quantitative estimate of drug-likeness (QED) is 0.853. The van der Waals surface area contributed by atoms with Crippen molar-refractivity contribution >= 4 is 11.6 Å². The Kier molecular flexibility index (Phi) is 3.58. The minimum atomic E-state index is 0.432. The summed E-state index contributed by atoms with van der Waals surface area (Å²) in [7, 11) is 0. The molecule has 2 unspecified atom stereocenters. The summed E-state index contributed by atoms with van der Waals surface area (Å²) in [6, 6.07) is 12.5. The largest absolute Gasteiger partial charge is 0.365 e. The molecule has 3 heterocycles. The standard InChI is InChI=1S/C18H19N5/c19-12-15-4-1-2-5-16(15)23-11-7-14-6-10-22(13-17(14)23)18-20-8-3-9-21-18/h1-5,8-9,14,17H,6-7,10-11,13H2. The number of rotatable bonds is 2. The van der Waals surface area contributed by atoms with Gasteiger partial charge in [-0.3, -0.25) is 0 Å². The molecule has 0 N–H and O–H groups in total. The van der Waals surface area contributed by atoms with Crippen molar-refractivity contribution in [3.8, 4) is 6.07 Å². The van der Waals surface area contributed by atoms with Crippen LogP contribution in [0.5, 0.6) is 0 Å². The Bertz CT molecular complexity index is 724. The zero-order valence-corrected chi connectivity index (χ0v) is 13.0. The minimum absolute atomic E-state index is 0.432. The number of fused-ring (bicyclic) bond motifs is 1. The van der Waals surface area contributed by atoms with E-state index in [0.29, 0.717) is 12.0 Å². The second-order valence-electron chi connectivity index (χ2n) is 6.22. The third kappa shape index (κ3) is 2.50. The molecular weight excluding hydrogens is 286 g/mol. The number of aromatic nitrogens is 2. The summed E-state index contributed by atoms with van der Waals surface area (Å²) >= 11 is 0. The SMILES string of the molecule is N#Cc1ccccc1N1CCC2CCN(c3ncccn3)CC21. The molecule has 4 rings (SSSR count). The van der Waals surface area contributed by atoms with E-state index in [-0.39, 0.29) is 0 Å². The number of hydrogen-bond acceptors (Lipinski definition) is 5. The fourth-order valence-electron chi connectivity index (χ4n) is 3.89. The number of nitrogens with zero attached hydrogens (tertiary/aromatic N) is 5. The minimum Gasteiger partial charge on any atom is -0.365 e. The molecular formula is C18H19N5. The van der Waals surface area contributed by atoms with Gasteiger partial charge in [0.15, 0.2) is 0 Å². The normalized spacial score (nSPS) is 23.4. The maximum absolute atomic E-state index is 9.40. The van der Waals surface area contributed by atoms with E-state index < -0.39 is 0 Å². The zero-order valence-electron chi connectivity index (χ0n) is 13.0. The van der Waals surface area contributed by atoms with Crippen molar-refractivity contribution in [3.63, 3.8) is 0 Å². The van der Waals surface area contributed by atoms with Gasteiger partial charge in [-0.2, -0.15) is 5.26 Å². The maximum atomic E-state index is 9.40. The molecule has 2 atom stereocenters. The van der Waals surface area contributed by atoms with Crippen LogP contribution in [-0.2, 0) is 0 Å². The molecule has 2 saturated heterocycles. The second kappa shape index (κ2) is 5.88. The number of hydrogen-bond donors (Lipinski definition) is 0. The van der Waals surface area contributed by atoms with Gasteiger partial charge in [-0.05, 0) is 37.0 Å². The van der Waals surface area contributed by atoms with Crippen LogP contribution in [0.4, 0.5) is 11.6 Å². The molecule has 2 fully saturated rings. The van der Waals surface area contributed by atoms with Crippen molar-refractivity contribution < 1.29 is 0 Å². The number of anilines is 2. The van der Waals surface area contributed by atoms with Gasteiger partial charge in [0, 0.05) is 38.1 Å². The second-order valence-corrected chi connectivity index (χ2v) is 6.22. The van der Waals surface area contributed by atoms with Crippen molar-refractivity contribution in [1.82, 2.24) is 9.97 Å². The zero-order chi connectivity index (χ0) is 15.6. The van der Waals surface area contributed by atoms with Crippen molar-refractivity contribution in [2.75, 3.05) is 29.4 Å². The van der Waals surface area contributed by atoms with Crippen molar-refractivity contribution in [1.29, 1.82) is 5.26 Å². The predicted molar refractivity (Wildman–Crippen MR) is 89.3 cm³/mol. The summed E-state index contributed by atoms with van der Waals surface area (Å²) in [6.07, 6.45) is 5.96. The lowest BCUT2D eigenvalue weighted by molar-refractivity contribution is 0.387. The van der Waals surface area contributed by atoms with Gasteiger partial charge < -0.3 is 9.80 Å². The molecule has 0 radical (unpaired) electrons. The highest BCUT2D eigenvalue weighted by atomic mass is 15.3. The first kappa shape index (κ1) is 14.0. The topological polar surface area (TPSA) is 56.1 Å². The van der Waals surface area contributed by atoms with Crippen LogP contribution in [0.2, 0.25) is 0 Å². The van der Waals surface area contributed by atoms with E-state index in [0.717, 1.165) is 43.3 Å². The molecule has 2 aromatic rings. The van der Waals surface area contributed by atoms with Crippen LogP contribution >= 0.6 is 0 Å². The fraction of sp³-hybridized carbons (Fsp3) is 0.389. The Labute approximate surface area is 136 Å². The third-order valence-electron chi connectivity index (χ3n) is 5.03. The summed E-state index contributed by atoms with van der Waals surface area (Å²) in [4.78, 5) is 13.5. The summed E-state index contributed by atoms with van der Waals surface area (Å²) in [5, 5.41) is 9.40. The molecule has 0 bridgehead atoms. The highest BCUT2D eigenvalue weighted by Gasteiger charge is 2.39. The van der Waals surface area contributed by atoms with Crippen LogP contribution < -0.4 is 9.80 Å². The first-order chi connectivity index (χ1) is 11.4. The van der Waals surface area contributed by atoms with Crippen LogP contribution in [0.3, 0.4) is 0 Å². The average Bonchev–Trinajstić information content (AvgIpc) is 3.05. The molecule has 0 amide bonds. The van der Waals surface area contributed by atoms with E-state index in [9.17, 15) is 5.26 Å². The van der Waals surface area contributed by atoms with Gasteiger partial charge in [0.1, 0.15) is 6.07 Å².